The van der Waals surface area contributed by atoms with Crippen LogP contribution in [0.3, 0.4) is 0 Å². The van der Waals surface area contributed by atoms with Crippen LogP contribution in [0.5, 0.6) is 5.88 Å². The second-order valence-electron chi connectivity index (χ2n) is 5.14. The molecule has 0 aliphatic rings. The molecule has 1 heterocycles. The van der Waals surface area contributed by atoms with Gasteiger partial charge in [-0.25, -0.2) is 0 Å². The van der Waals surface area contributed by atoms with Gasteiger partial charge in [0.15, 0.2) is 5.88 Å². The van der Waals surface area contributed by atoms with E-state index in [2.05, 4.69) is 13.8 Å². The Balaban J connectivity index is 2.96. The summed E-state index contributed by atoms with van der Waals surface area (Å²) in [7, 11) is 0. The Kier molecular flexibility index (Phi) is 5.45. The Labute approximate surface area is 109 Å². The Morgan fingerprint density at radius 1 is 1.33 bits per heavy atom. The fraction of sp³-hybridized carbons (Fsp3) is 0.667. The van der Waals surface area contributed by atoms with Gasteiger partial charge in [-0.2, -0.15) is 0 Å². The topological polar surface area (TPSA) is 42.2 Å². The molecule has 0 fully saturated rings. The maximum atomic E-state index is 11.9. The minimum absolute atomic E-state index is 0.0921. The Morgan fingerprint density at radius 3 is 2.56 bits per heavy atom. The van der Waals surface area contributed by atoms with Gasteiger partial charge in [0.1, 0.15) is 0 Å². The number of hydrogen-bond donors (Lipinski definition) is 1. The first-order chi connectivity index (χ1) is 8.51. The van der Waals surface area contributed by atoms with Crippen LogP contribution in [0.1, 0.15) is 50.7 Å². The standard InChI is InChI=1S/C15H25NO2/c1-5-7-8-13(6-2)10-16-14(17)9-11(3)12(4)15(16)18/h9,13,18H,5-8,10H2,1-4H3. The van der Waals surface area contributed by atoms with Gasteiger partial charge in [0.2, 0.25) is 0 Å². The molecule has 0 aromatic carbocycles. The molecule has 0 saturated carbocycles. The van der Waals surface area contributed by atoms with E-state index in [-0.39, 0.29) is 11.4 Å². The predicted molar refractivity (Wildman–Crippen MR) is 75.1 cm³/mol. The smallest absolute Gasteiger partial charge is 0.253 e. The Morgan fingerprint density at radius 2 is 2.00 bits per heavy atom. The zero-order valence-corrected chi connectivity index (χ0v) is 12.0. The van der Waals surface area contributed by atoms with Crippen LogP contribution in [0.2, 0.25) is 0 Å². The van der Waals surface area contributed by atoms with E-state index in [1.807, 2.05) is 13.8 Å². The van der Waals surface area contributed by atoms with E-state index in [0.29, 0.717) is 12.5 Å². The van der Waals surface area contributed by atoms with Crippen molar-refractivity contribution in [3.63, 3.8) is 0 Å². The van der Waals surface area contributed by atoms with Gasteiger partial charge in [0.25, 0.3) is 5.56 Å². The number of rotatable bonds is 6. The summed E-state index contributed by atoms with van der Waals surface area (Å²) in [5, 5.41) is 10.1. The van der Waals surface area contributed by atoms with E-state index in [9.17, 15) is 9.90 Å². The van der Waals surface area contributed by atoms with Crippen LogP contribution in [0, 0.1) is 19.8 Å². The SMILES string of the molecule is CCCCC(CC)Cn1c(O)c(C)c(C)cc1=O. The van der Waals surface area contributed by atoms with Gasteiger partial charge >= 0.3 is 0 Å². The van der Waals surface area contributed by atoms with Gasteiger partial charge in [0.05, 0.1) is 0 Å². The van der Waals surface area contributed by atoms with Crippen LogP contribution in [-0.4, -0.2) is 9.67 Å². The molecular formula is C15H25NO2. The molecule has 18 heavy (non-hydrogen) atoms. The lowest BCUT2D eigenvalue weighted by molar-refractivity contribution is 0.337. The van der Waals surface area contributed by atoms with Gasteiger partial charge in [-0.3, -0.25) is 9.36 Å². The Hall–Kier alpha value is -1.25. The summed E-state index contributed by atoms with van der Waals surface area (Å²) >= 11 is 0. The highest BCUT2D eigenvalue weighted by Crippen LogP contribution is 2.21. The van der Waals surface area contributed by atoms with E-state index >= 15 is 0 Å². The fourth-order valence-corrected chi connectivity index (χ4v) is 2.21. The summed E-state index contributed by atoms with van der Waals surface area (Å²) in [4.78, 5) is 11.9. The number of aryl methyl sites for hydroxylation is 1. The van der Waals surface area contributed by atoms with Crippen molar-refractivity contribution in [2.45, 2.75) is 59.9 Å². The largest absolute Gasteiger partial charge is 0.494 e. The van der Waals surface area contributed by atoms with Crippen molar-refractivity contribution in [3.05, 3.63) is 27.5 Å². The van der Waals surface area contributed by atoms with E-state index in [0.717, 1.165) is 24.0 Å². The minimum atomic E-state index is -0.0921. The van der Waals surface area contributed by atoms with E-state index < -0.39 is 0 Å². The molecule has 102 valence electrons. The number of nitrogens with zero attached hydrogens (tertiary/aromatic N) is 1. The second kappa shape index (κ2) is 6.62. The van der Waals surface area contributed by atoms with Crippen LogP contribution in [0.4, 0.5) is 0 Å². The van der Waals surface area contributed by atoms with Crippen molar-refractivity contribution < 1.29 is 5.11 Å². The molecule has 0 amide bonds. The molecule has 1 aromatic rings. The van der Waals surface area contributed by atoms with Gasteiger partial charge in [-0.15, -0.1) is 0 Å². The summed E-state index contributed by atoms with van der Waals surface area (Å²) < 4.78 is 1.52. The molecule has 3 heteroatoms. The predicted octanol–water partition coefficient (Wildman–Crippen LogP) is 3.39. The zero-order valence-electron chi connectivity index (χ0n) is 12.0. The first-order valence-corrected chi connectivity index (χ1v) is 6.91. The van der Waals surface area contributed by atoms with Crippen LogP contribution >= 0.6 is 0 Å². The highest BCUT2D eigenvalue weighted by atomic mass is 16.3. The second-order valence-corrected chi connectivity index (χ2v) is 5.14. The lowest BCUT2D eigenvalue weighted by Gasteiger charge is -2.18. The van der Waals surface area contributed by atoms with Crippen molar-refractivity contribution >= 4 is 0 Å². The monoisotopic (exact) mass is 251 g/mol. The van der Waals surface area contributed by atoms with E-state index in [1.54, 1.807) is 6.07 Å². The first-order valence-electron chi connectivity index (χ1n) is 6.91. The molecule has 0 aliphatic heterocycles. The number of pyridine rings is 1. The maximum Gasteiger partial charge on any atom is 0.253 e. The van der Waals surface area contributed by atoms with Gasteiger partial charge in [-0.1, -0.05) is 33.1 Å². The molecule has 0 bridgehead atoms. The minimum Gasteiger partial charge on any atom is -0.494 e. The third-order valence-electron chi connectivity index (χ3n) is 3.77. The quantitative estimate of drug-likeness (QED) is 0.842. The van der Waals surface area contributed by atoms with E-state index in [4.69, 9.17) is 0 Å². The van der Waals surface area contributed by atoms with Crippen molar-refractivity contribution in [2.75, 3.05) is 0 Å². The number of aromatic hydroxyl groups is 1. The number of unbranched alkanes of at least 4 members (excludes halogenated alkanes) is 1. The third kappa shape index (κ3) is 3.37. The normalized spacial score (nSPS) is 12.7. The molecule has 1 rings (SSSR count). The van der Waals surface area contributed by atoms with Crippen LogP contribution in [0.15, 0.2) is 10.9 Å². The molecule has 0 aliphatic carbocycles. The Bertz CT molecular complexity index is 449. The van der Waals surface area contributed by atoms with Gasteiger partial charge < -0.3 is 5.11 Å². The molecule has 3 nitrogen and oxygen atoms in total. The van der Waals surface area contributed by atoms with Crippen molar-refractivity contribution in [1.29, 1.82) is 0 Å². The van der Waals surface area contributed by atoms with Crippen LogP contribution < -0.4 is 5.56 Å². The highest BCUT2D eigenvalue weighted by Gasteiger charge is 2.13. The maximum absolute atomic E-state index is 11.9. The van der Waals surface area contributed by atoms with Crippen molar-refractivity contribution in [3.8, 4) is 5.88 Å². The molecule has 1 N–H and O–H groups in total. The summed E-state index contributed by atoms with van der Waals surface area (Å²) in [5.74, 6) is 0.602. The van der Waals surface area contributed by atoms with Crippen molar-refractivity contribution in [2.24, 2.45) is 5.92 Å². The highest BCUT2D eigenvalue weighted by molar-refractivity contribution is 5.32. The summed E-state index contributed by atoms with van der Waals surface area (Å²) in [5.41, 5.74) is 1.57. The molecule has 0 radical (unpaired) electrons. The third-order valence-corrected chi connectivity index (χ3v) is 3.77. The summed E-state index contributed by atoms with van der Waals surface area (Å²) in [6.07, 6.45) is 4.51. The first kappa shape index (κ1) is 14.8. The molecule has 0 saturated heterocycles. The number of aromatic nitrogens is 1. The van der Waals surface area contributed by atoms with Crippen LogP contribution in [-0.2, 0) is 6.54 Å². The van der Waals surface area contributed by atoms with Crippen molar-refractivity contribution in [1.82, 2.24) is 4.57 Å². The molecular weight excluding hydrogens is 226 g/mol. The summed E-state index contributed by atoms with van der Waals surface area (Å²) in [6.45, 7) is 8.65. The van der Waals surface area contributed by atoms with Gasteiger partial charge in [-0.05, 0) is 31.7 Å². The molecule has 1 aromatic heterocycles. The lowest BCUT2D eigenvalue weighted by atomic mass is 9.99. The number of hydrogen-bond acceptors (Lipinski definition) is 2. The average Bonchev–Trinajstić information content (AvgIpc) is 2.35. The van der Waals surface area contributed by atoms with Gasteiger partial charge in [0, 0.05) is 18.2 Å². The van der Waals surface area contributed by atoms with E-state index in [1.165, 1.54) is 17.4 Å². The molecule has 1 unspecified atom stereocenters. The molecule has 1 atom stereocenters. The summed E-state index contributed by atoms with van der Waals surface area (Å²) in [6, 6.07) is 1.61. The fourth-order valence-electron chi connectivity index (χ4n) is 2.21. The van der Waals surface area contributed by atoms with Crippen LogP contribution in [0.25, 0.3) is 0 Å². The average molecular weight is 251 g/mol. The lowest BCUT2D eigenvalue weighted by Crippen LogP contribution is -2.24. The molecule has 0 spiro atoms. The zero-order chi connectivity index (χ0) is 13.7.